The van der Waals surface area contributed by atoms with Gasteiger partial charge in [0.2, 0.25) is 0 Å². The highest BCUT2D eigenvalue weighted by Gasteiger charge is 2.18. The summed E-state index contributed by atoms with van der Waals surface area (Å²) in [7, 11) is 0. The van der Waals surface area contributed by atoms with Gasteiger partial charge in [-0.25, -0.2) is 4.79 Å². The number of carbonyl (C=O) groups excluding carboxylic acids is 2. The van der Waals surface area contributed by atoms with E-state index < -0.39 is 22.4 Å². The quantitative estimate of drug-likeness (QED) is 0.512. The first kappa shape index (κ1) is 15.5. The molecule has 8 nitrogen and oxygen atoms in total. The average molecular weight is 281 g/mol. The summed E-state index contributed by atoms with van der Waals surface area (Å²) in [4.78, 5) is 35.8. The molecule has 1 heterocycles. The number of nitrogens with zero attached hydrogens (tertiary/aromatic N) is 2. The third-order valence-electron chi connectivity index (χ3n) is 2.02. The van der Waals surface area contributed by atoms with Crippen LogP contribution < -0.4 is 5.32 Å². The Labute approximate surface area is 115 Å². The van der Waals surface area contributed by atoms with Gasteiger partial charge >= 0.3 is 11.9 Å². The maximum absolute atomic E-state index is 11.4. The number of aldehydes is 1. The van der Waals surface area contributed by atoms with Crippen molar-refractivity contribution in [3.05, 3.63) is 33.5 Å². The van der Waals surface area contributed by atoms with Crippen LogP contribution in [0.2, 0.25) is 0 Å². The number of rotatable bonds is 4. The molecule has 0 saturated heterocycles. The van der Waals surface area contributed by atoms with Crippen molar-refractivity contribution in [2.45, 2.75) is 32.9 Å². The van der Waals surface area contributed by atoms with Crippen molar-refractivity contribution in [2.75, 3.05) is 0 Å². The van der Waals surface area contributed by atoms with Gasteiger partial charge in [-0.05, 0) is 36.7 Å². The number of alkyl carbamates (subject to hydrolysis) is 1. The number of carbonyl (C=O) groups is 2. The monoisotopic (exact) mass is 281 g/mol. The van der Waals surface area contributed by atoms with Crippen molar-refractivity contribution in [1.82, 2.24) is 10.3 Å². The maximum Gasteiger partial charge on any atom is 0.408 e. The number of pyridine rings is 1. The highest BCUT2D eigenvalue weighted by atomic mass is 16.6. The molecule has 0 atom stereocenters. The fraction of sp³-hybridized carbons (Fsp3) is 0.417. The van der Waals surface area contributed by atoms with E-state index in [-0.39, 0.29) is 17.8 Å². The van der Waals surface area contributed by atoms with Crippen molar-refractivity contribution in [1.29, 1.82) is 0 Å². The molecule has 0 radical (unpaired) electrons. The van der Waals surface area contributed by atoms with Gasteiger partial charge in [-0.15, -0.1) is 0 Å². The van der Waals surface area contributed by atoms with Gasteiger partial charge in [0.05, 0.1) is 6.54 Å². The molecule has 1 aromatic rings. The molecule has 108 valence electrons. The van der Waals surface area contributed by atoms with Gasteiger partial charge < -0.3 is 20.2 Å². The van der Waals surface area contributed by atoms with Crippen LogP contribution in [0, 0.1) is 10.1 Å². The van der Waals surface area contributed by atoms with Crippen LogP contribution in [-0.2, 0) is 11.3 Å². The molecule has 1 amide bonds. The molecule has 1 N–H and O–H groups in total. The molecule has 0 aromatic carbocycles. The third-order valence-corrected chi connectivity index (χ3v) is 2.02. The van der Waals surface area contributed by atoms with E-state index in [1.54, 1.807) is 20.8 Å². The van der Waals surface area contributed by atoms with Crippen LogP contribution in [0.15, 0.2) is 12.1 Å². The van der Waals surface area contributed by atoms with Gasteiger partial charge in [0.25, 0.3) is 0 Å². The normalized spacial score (nSPS) is 10.8. The largest absolute Gasteiger partial charge is 0.444 e. The van der Waals surface area contributed by atoms with E-state index >= 15 is 0 Å². The summed E-state index contributed by atoms with van der Waals surface area (Å²) in [5, 5.41) is 13.1. The Morgan fingerprint density at radius 2 is 2.15 bits per heavy atom. The lowest BCUT2D eigenvalue weighted by Gasteiger charge is -2.19. The molecule has 20 heavy (non-hydrogen) atoms. The van der Waals surface area contributed by atoms with Crippen LogP contribution in [0.25, 0.3) is 0 Å². The Balaban J connectivity index is 2.77. The number of amides is 1. The van der Waals surface area contributed by atoms with E-state index in [9.17, 15) is 19.7 Å². The van der Waals surface area contributed by atoms with Crippen LogP contribution in [-0.4, -0.2) is 27.9 Å². The van der Waals surface area contributed by atoms with Gasteiger partial charge in [0.15, 0.2) is 12.0 Å². The Bertz CT molecular complexity index is 536. The molecule has 0 saturated carbocycles. The van der Waals surface area contributed by atoms with Crippen molar-refractivity contribution < 1.29 is 19.2 Å². The van der Waals surface area contributed by atoms with Gasteiger partial charge in [-0.3, -0.25) is 4.79 Å². The fourth-order valence-electron chi connectivity index (χ4n) is 1.32. The second kappa shape index (κ2) is 6.09. The topological polar surface area (TPSA) is 111 Å². The number of aromatic nitrogens is 1. The highest BCUT2D eigenvalue weighted by Crippen LogP contribution is 2.12. The molecule has 0 fully saturated rings. The Hall–Kier alpha value is -2.51. The van der Waals surface area contributed by atoms with Crippen LogP contribution in [0.4, 0.5) is 10.6 Å². The standard InChI is InChI=1S/C12H15N3O5/c1-12(2,3)20-11(17)13-6-9-4-8(7-16)5-10(14-9)15(18)19/h4-5,7H,6H2,1-3H3,(H,13,17). The second-order valence-electron chi connectivity index (χ2n) is 4.98. The zero-order chi connectivity index (χ0) is 15.3. The lowest BCUT2D eigenvalue weighted by atomic mass is 10.2. The first-order chi connectivity index (χ1) is 9.21. The molecule has 1 rings (SSSR count). The minimum absolute atomic E-state index is 0.0720. The molecule has 1 aromatic heterocycles. The lowest BCUT2D eigenvalue weighted by molar-refractivity contribution is -0.389. The highest BCUT2D eigenvalue weighted by molar-refractivity contribution is 5.76. The van der Waals surface area contributed by atoms with Crippen LogP contribution in [0.1, 0.15) is 36.8 Å². The fourth-order valence-corrected chi connectivity index (χ4v) is 1.32. The predicted octanol–water partition coefficient (Wildman–Crippen LogP) is 1.83. The lowest BCUT2D eigenvalue weighted by Crippen LogP contribution is -2.32. The van der Waals surface area contributed by atoms with Gasteiger partial charge in [-0.2, -0.15) is 0 Å². The number of nitrogens with one attached hydrogen (secondary N) is 1. The summed E-state index contributed by atoms with van der Waals surface area (Å²) >= 11 is 0. The second-order valence-corrected chi connectivity index (χ2v) is 4.98. The first-order valence-electron chi connectivity index (χ1n) is 5.78. The Morgan fingerprint density at radius 1 is 1.50 bits per heavy atom. The molecule has 0 spiro atoms. The number of hydrogen-bond acceptors (Lipinski definition) is 6. The van der Waals surface area contributed by atoms with E-state index in [0.29, 0.717) is 6.29 Å². The third kappa shape index (κ3) is 5.01. The summed E-state index contributed by atoms with van der Waals surface area (Å²) in [6.45, 7) is 5.06. The van der Waals surface area contributed by atoms with Gasteiger partial charge in [0.1, 0.15) is 5.60 Å². The van der Waals surface area contributed by atoms with Gasteiger partial charge in [0, 0.05) is 11.6 Å². The number of nitro groups is 1. The molecule has 0 bridgehead atoms. The number of ether oxygens (including phenoxy) is 1. The predicted molar refractivity (Wildman–Crippen MR) is 69.4 cm³/mol. The van der Waals surface area contributed by atoms with Gasteiger partial charge in [-0.1, -0.05) is 0 Å². The summed E-state index contributed by atoms with van der Waals surface area (Å²) in [6.07, 6.45) is -0.190. The van der Waals surface area contributed by atoms with Crippen LogP contribution >= 0.6 is 0 Å². The zero-order valence-corrected chi connectivity index (χ0v) is 11.4. The molecular weight excluding hydrogens is 266 g/mol. The summed E-state index contributed by atoms with van der Waals surface area (Å²) in [6, 6.07) is 2.42. The van der Waals surface area contributed by atoms with Crippen molar-refractivity contribution in [3.63, 3.8) is 0 Å². The molecule has 0 aliphatic carbocycles. The molecule has 0 unspecified atom stereocenters. The number of hydrogen-bond donors (Lipinski definition) is 1. The molecule has 0 aliphatic rings. The van der Waals surface area contributed by atoms with Crippen molar-refractivity contribution in [2.24, 2.45) is 0 Å². The van der Waals surface area contributed by atoms with E-state index in [1.807, 2.05) is 0 Å². The summed E-state index contributed by atoms with van der Waals surface area (Å²) in [5.74, 6) is -0.449. The summed E-state index contributed by atoms with van der Waals surface area (Å²) in [5.41, 5.74) is -0.325. The maximum atomic E-state index is 11.4. The first-order valence-corrected chi connectivity index (χ1v) is 5.78. The summed E-state index contributed by atoms with van der Waals surface area (Å²) < 4.78 is 5.01. The minimum Gasteiger partial charge on any atom is -0.444 e. The average Bonchev–Trinajstić information content (AvgIpc) is 2.33. The van der Waals surface area contributed by atoms with E-state index in [1.165, 1.54) is 6.07 Å². The molecular formula is C12H15N3O5. The van der Waals surface area contributed by atoms with E-state index in [0.717, 1.165) is 6.07 Å². The van der Waals surface area contributed by atoms with Crippen LogP contribution in [0.3, 0.4) is 0 Å². The van der Waals surface area contributed by atoms with Crippen molar-refractivity contribution >= 4 is 18.2 Å². The SMILES string of the molecule is CC(C)(C)OC(=O)NCc1cc(C=O)cc([N+](=O)[O-])n1. The van der Waals surface area contributed by atoms with E-state index in [2.05, 4.69) is 10.3 Å². The molecule has 0 aliphatic heterocycles. The minimum atomic E-state index is -0.704. The van der Waals surface area contributed by atoms with E-state index in [4.69, 9.17) is 4.74 Å². The Morgan fingerprint density at radius 3 is 2.65 bits per heavy atom. The van der Waals surface area contributed by atoms with Crippen LogP contribution in [0.5, 0.6) is 0 Å². The van der Waals surface area contributed by atoms with Crippen molar-refractivity contribution in [3.8, 4) is 0 Å². The molecule has 8 heteroatoms. The zero-order valence-electron chi connectivity index (χ0n) is 11.4. The smallest absolute Gasteiger partial charge is 0.408 e. The Kier molecular flexibility index (Phi) is 4.73.